The number of carbonyl (C=O) groups is 1. The standard InChI is InChI=1S/C27H33F3N6O/c1-16-9-18(7-8-31-16)25-20-10-19-12-36(26(37)32-22(19)11-23(20)33-34-25)24-14-35(15-27(28,29)30)13-21(24)17-5-3-2-4-6-17/h2-9,19-25,33-34H,10-15H2,1H3,(H,32,37)/t19?,20?,21-,22?,23?,24+,25?/m0/s1. The Hall–Kier alpha value is -2.69. The van der Waals surface area contributed by atoms with Crippen LogP contribution in [-0.4, -0.2) is 71.3 Å². The van der Waals surface area contributed by atoms with Crippen molar-refractivity contribution in [3.8, 4) is 0 Å². The molecule has 37 heavy (non-hydrogen) atoms. The Bertz CT molecular complexity index is 1130. The minimum absolute atomic E-state index is 0.0556. The molecular formula is C27H33F3N6O. The SMILES string of the molecule is Cc1cc(C2NNC3CC4NC(=O)N([C@@H]5CN(CC(F)(F)F)C[C@H]5c5ccccc5)CC4CC32)ccn1. The average molecular weight is 515 g/mol. The first-order valence-electron chi connectivity index (χ1n) is 13.1. The number of hydrogen-bond acceptors (Lipinski definition) is 5. The van der Waals surface area contributed by atoms with E-state index >= 15 is 0 Å². The maximum atomic E-state index is 13.4. The number of nitrogens with zero attached hydrogens (tertiary/aromatic N) is 3. The van der Waals surface area contributed by atoms with Crippen molar-refractivity contribution in [3.63, 3.8) is 0 Å². The topological polar surface area (TPSA) is 72.5 Å². The van der Waals surface area contributed by atoms with Crippen LogP contribution in [0.15, 0.2) is 48.7 Å². The molecule has 0 radical (unpaired) electrons. The van der Waals surface area contributed by atoms with Gasteiger partial charge in [0, 0.05) is 49.5 Å². The van der Waals surface area contributed by atoms with Crippen LogP contribution >= 0.6 is 0 Å². The molecule has 198 valence electrons. The number of urea groups is 1. The van der Waals surface area contributed by atoms with E-state index in [0.717, 1.165) is 24.1 Å². The number of nitrogens with one attached hydrogen (secondary N) is 3. The second-order valence-electron chi connectivity index (χ2n) is 11.1. The summed E-state index contributed by atoms with van der Waals surface area (Å²) in [7, 11) is 0. The number of alkyl halides is 3. The summed E-state index contributed by atoms with van der Waals surface area (Å²) in [4.78, 5) is 21.0. The molecule has 1 aromatic carbocycles. The lowest BCUT2D eigenvalue weighted by Crippen LogP contribution is -2.63. The lowest BCUT2D eigenvalue weighted by Gasteiger charge is -2.48. The van der Waals surface area contributed by atoms with Gasteiger partial charge in [0.25, 0.3) is 0 Å². The van der Waals surface area contributed by atoms with Gasteiger partial charge in [-0.15, -0.1) is 0 Å². The zero-order valence-corrected chi connectivity index (χ0v) is 20.8. The molecule has 4 heterocycles. The number of hydrogen-bond donors (Lipinski definition) is 3. The Labute approximate surface area is 214 Å². The van der Waals surface area contributed by atoms with Gasteiger partial charge < -0.3 is 10.2 Å². The van der Waals surface area contributed by atoms with Crippen LogP contribution in [0, 0.1) is 18.8 Å². The molecule has 3 aliphatic heterocycles. The molecule has 6 rings (SSSR count). The fourth-order valence-corrected chi connectivity index (χ4v) is 7.08. The number of hydrazine groups is 1. The molecule has 1 aliphatic carbocycles. The van der Waals surface area contributed by atoms with Crippen molar-refractivity contribution in [2.45, 2.75) is 56.0 Å². The summed E-state index contributed by atoms with van der Waals surface area (Å²) >= 11 is 0. The first kappa shape index (κ1) is 24.6. The van der Waals surface area contributed by atoms with Gasteiger partial charge in [-0.25, -0.2) is 10.2 Å². The molecule has 5 unspecified atom stereocenters. The molecule has 2 amide bonds. The quantitative estimate of drug-likeness (QED) is 0.584. The number of benzene rings is 1. The fraction of sp³-hybridized carbons (Fsp3) is 0.556. The van der Waals surface area contributed by atoms with E-state index in [0.29, 0.717) is 12.5 Å². The summed E-state index contributed by atoms with van der Waals surface area (Å²) in [6.45, 7) is 2.10. The zero-order valence-electron chi connectivity index (χ0n) is 20.8. The van der Waals surface area contributed by atoms with Crippen LogP contribution in [0.4, 0.5) is 18.0 Å². The highest BCUT2D eigenvalue weighted by molar-refractivity contribution is 5.76. The lowest BCUT2D eigenvalue weighted by atomic mass is 9.71. The van der Waals surface area contributed by atoms with E-state index in [1.165, 1.54) is 10.5 Å². The van der Waals surface area contributed by atoms with E-state index in [2.05, 4.69) is 27.2 Å². The Morgan fingerprint density at radius 3 is 2.57 bits per heavy atom. The van der Waals surface area contributed by atoms with Crippen molar-refractivity contribution in [3.05, 3.63) is 65.5 Å². The third kappa shape index (κ3) is 4.94. The second kappa shape index (κ2) is 9.56. The molecule has 4 aliphatic rings. The maximum absolute atomic E-state index is 13.4. The number of likely N-dealkylation sites (tertiary alicyclic amines) is 1. The summed E-state index contributed by atoms with van der Waals surface area (Å²) < 4.78 is 39.8. The second-order valence-corrected chi connectivity index (χ2v) is 11.1. The maximum Gasteiger partial charge on any atom is 0.401 e. The molecule has 1 saturated carbocycles. The van der Waals surface area contributed by atoms with Crippen LogP contribution in [0.25, 0.3) is 0 Å². The van der Waals surface area contributed by atoms with Gasteiger partial charge in [-0.05, 0) is 54.9 Å². The van der Waals surface area contributed by atoms with Gasteiger partial charge in [-0.1, -0.05) is 30.3 Å². The smallest absolute Gasteiger partial charge is 0.335 e. The zero-order chi connectivity index (χ0) is 25.7. The molecule has 3 N–H and O–H groups in total. The van der Waals surface area contributed by atoms with E-state index in [1.54, 1.807) is 0 Å². The normalized spacial score (nSPS) is 34.2. The van der Waals surface area contributed by atoms with E-state index in [1.807, 2.05) is 54.4 Å². The Kier molecular flexibility index (Phi) is 6.37. The first-order chi connectivity index (χ1) is 17.7. The van der Waals surface area contributed by atoms with Gasteiger partial charge >= 0.3 is 12.2 Å². The third-order valence-corrected chi connectivity index (χ3v) is 8.70. The largest absolute Gasteiger partial charge is 0.401 e. The monoisotopic (exact) mass is 514 g/mol. The minimum Gasteiger partial charge on any atom is -0.335 e. The first-order valence-corrected chi connectivity index (χ1v) is 13.1. The van der Waals surface area contributed by atoms with Crippen molar-refractivity contribution in [1.29, 1.82) is 0 Å². The van der Waals surface area contributed by atoms with Gasteiger partial charge in [0.05, 0.1) is 18.6 Å². The number of fused-ring (bicyclic) bond motifs is 2. The third-order valence-electron chi connectivity index (χ3n) is 8.70. The highest BCUT2D eigenvalue weighted by Gasteiger charge is 2.50. The molecule has 7 atom stereocenters. The summed E-state index contributed by atoms with van der Waals surface area (Å²) in [6, 6.07) is 13.8. The molecule has 3 saturated heterocycles. The van der Waals surface area contributed by atoms with E-state index in [-0.39, 0.29) is 55.1 Å². The van der Waals surface area contributed by atoms with Gasteiger partial charge in [0.1, 0.15) is 0 Å². The Balaban J connectivity index is 1.22. The predicted octanol–water partition coefficient (Wildman–Crippen LogP) is 3.36. The molecule has 4 fully saturated rings. The number of rotatable bonds is 4. The van der Waals surface area contributed by atoms with Crippen LogP contribution in [0.5, 0.6) is 0 Å². The predicted molar refractivity (Wildman–Crippen MR) is 132 cm³/mol. The van der Waals surface area contributed by atoms with Crippen LogP contribution in [0.1, 0.15) is 41.6 Å². The van der Waals surface area contributed by atoms with Crippen molar-refractivity contribution in [2.75, 3.05) is 26.2 Å². The number of aromatic nitrogens is 1. The summed E-state index contributed by atoms with van der Waals surface area (Å²) in [5.41, 5.74) is 10.1. The van der Waals surface area contributed by atoms with Crippen LogP contribution in [0.2, 0.25) is 0 Å². The van der Waals surface area contributed by atoms with Crippen LogP contribution in [-0.2, 0) is 0 Å². The highest BCUT2D eigenvalue weighted by Crippen LogP contribution is 2.43. The van der Waals surface area contributed by atoms with E-state index in [4.69, 9.17) is 0 Å². The summed E-state index contributed by atoms with van der Waals surface area (Å²) in [5.74, 6) is 0.429. The van der Waals surface area contributed by atoms with E-state index < -0.39 is 12.7 Å². The number of carbonyl (C=O) groups excluding carboxylic acids is 1. The highest BCUT2D eigenvalue weighted by atomic mass is 19.4. The van der Waals surface area contributed by atoms with Gasteiger partial charge in [0.15, 0.2) is 0 Å². The summed E-state index contributed by atoms with van der Waals surface area (Å²) in [6.07, 6.45) is -0.681. The Morgan fingerprint density at radius 2 is 1.81 bits per heavy atom. The molecule has 0 bridgehead atoms. The van der Waals surface area contributed by atoms with E-state index in [9.17, 15) is 18.0 Å². The fourth-order valence-electron chi connectivity index (χ4n) is 7.08. The van der Waals surface area contributed by atoms with Crippen LogP contribution in [0.3, 0.4) is 0 Å². The molecule has 10 heteroatoms. The molecular weight excluding hydrogens is 481 g/mol. The summed E-state index contributed by atoms with van der Waals surface area (Å²) in [5, 5.41) is 3.23. The van der Waals surface area contributed by atoms with Crippen molar-refractivity contribution >= 4 is 6.03 Å². The lowest BCUT2D eigenvalue weighted by molar-refractivity contribution is -0.143. The van der Waals surface area contributed by atoms with Crippen LogP contribution < -0.4 is 16.2 Å². The van der Waals surface area contributed by atoms with Crippen molar-refractivity contribution in [1.82, 2.24) is 31.0 Å². The average Bonchev–Trinajstić information content (AvgIpc) is 3.45. The number of halogens is 3. The Morgan fingerprint density at radius 1 is 1.00 bits per heavy atom. The number of pyridine rings is 1. The molecule has 1 aromatic heterocycles. The molecule has 7 nitrogen and oxygen atoms in total. The van der Waals surface area contributed by atoms with Crippen molar-refractivity contribution in [2.24, 2.45) is 11.8 Å². The van der Waals surface area contributed by atoms with Gasteiger partial charge in [-0.2, -0.15) is 13.2 Å². The number of aryl methyl sites for hydroxylation is 1. The van der Waals surface area contributed by atoms with Gasteiger partial charge in [-0.3, -0.25) is 15.3 Å². The van der Waals surface area contributed by atoms with Crippen molar-refractivity contribution < 1.29 is 18.0 Å². The minimum atomic E-state index is -4.27. The molecule has 0 spiro atoms. The molecule has 2 aromatic rings. The van der Waals surface area contributed by atoms with Gasteiger partial charge in [0.2, 0.25) is 0 Å². The number of amides is 2.